The van der Waals surface area contributed by atoms with Crippen molar-refractivity contribution in [2.75, 3.05) is 19.8 Å². The van der Waals surface area contributed by atoms with Crippen molar-refractivity contribution in [2.24, 2.45) is 4.99 Å². The number of hydrogen-bond acceptors (Lipinski definition) is 5. The molecule has 1 aromatic carbocycles. The van der Waals surface area contributed by atoms with Crippen LogP contribution in [0.25, 0.3) is 17.1 Å². The van der Waals surface area contributed by atoms with Gasteiger partial charge in [-0.25, -0.2) is 9.37 Å². The van der Waals surface area contributed by atoms with Crippen molar-refractivity contribution in [3.05, 3.63) is 41.6 Å². The summed E-state index contributed by atoms with van der Waals surface area (Å²) in [6.45, 7) is 4.33. The molecule has 0 unspecified atom stereocenters. The molecule has 0 saturated carbocycles. The lowest BCUT2D eigenvalue weighted by molar-refractivity contribution is 0.0534. The predicted molar refractivity (Wildman–Crippen MR) is 93.5 cm³/mol. The lowest BCUT2D eigenvalue weighted by Crippen LogP contribution is -2.38. The first-order valence-electron chi connectivity index (χ1n) is 8.46. The number of hydrogen-bond donors (Lipinski definition) is 1. The Balaban J connectivity index is 1.65. The molecule has 0 bridgehead atoms. The summed E-state index contributed by atoms with van der Waals surface area (Å²) < 4.78 is 20.0. The van der Waals surface area contributed by atoms with Crippen molar-refractivity contribution in [1.82, 2.24) is 20.1 Å². The standard InChI is InChI=1S/C18H20FN5O/c1-12-8-15(18-21-11-22-23-18)16(19)9-14(12)17-10-24(5-4-20-17)13-2-6-25-7-3-13/h4,8-11,13H,2-3,5-7H2,1H3,(H,21,22,23). The van der Waals surface area contributed by atoms with Crippen LogP contribution in [-0.4, -0.2) is 52.1 Å². The molecule has 25 heavy (non-hydrogen) atoms. The first-order chi connectivity index (χ1) is 12.2. The number of ether oxygens (including phenoxy) is 1. The SMILES string of the molecule is Cc1cc(-c2ncn[nH]2)c(F)cc1C1=CN(C2CCOCC2)CC=N1. The van der Waals surface area contributed by atoms with E-state index in [4.69, 9.17) is 4.74 Å². The number of H-pyrrole nitrogens is 1. The molecule has 0 amide bonds. The number of rotatable bonds is 3. The van der Waals surface area contributed by atoms with Crippen molar-refractivity contribution in [2.45, 2.75) is 25.8 Å². The number of nitrogens with zero attached hydrogens (tertiary/aromatic N) is 4. The van der Waals surface area contributed by atoms with Gasteiger partial charge < -0.3 is 9.64 Å². The van der Waals surface area contributed by atoms with Gasteiger partial charge in [0.2, 0.25) is 0 Å². The van der Waals surface area contributed by atoms with Gasteiger partial charge in [0, 0.05) is 37.2 Å². The zero-order chi connectivity index (χ0) is 17.2. The summed E-state index contributed by atoms with van der Waals surface area (Å²) in [6, 6.07) is 3.77. The van der Waals surface area contributed by atoms with Crippen LogP contribution in [0.4, 0.5) is 4.39 Å². The van der Waals surface area contributed by atoms with E-state index in [1.54, 1.807) is 6.07 Å². The van der Waals surface area contributed by atoms with E-state index in [1.165, 1.54) is 12.4 Å². The second-order valence-corrected chi connectivity index (χ2v) is 6.35. The molecule has 1 aromatic heterocycles. The fourth-order valence-corrected chi connectivity index (χ4v) is 3.36. The topological polar surface area (TPSA) is 66.4 Å². The third-order valence-corrected chi connectivity index (χ3v) is 4.73. The van der Waals surface area contributed by atoms with E-state index >= 15 is 0 Å². The van der Waals surface area contributed by atoms with Crippen LogP contribution < -0.4 is 0 Å². The number of nitrogens with one attached hydrogen (secondary N) is 1. The molecule has 0 radical (unpaired) electrons. The molecule has 2 aliphatic heterocycles. The van der Waals surface area contributed by atoms with Gasteiger partial charge in [-0.05, 0) is 37.5 Å². The number of benzene rings is 1. The summed E-state index contributed by atoms with van der Waals surface area (Å²) in [6.07, 6.45) is 7.33. The van der Waals surface area contributed by atoms with Crippen molar-refractivity contribution in [3.63, 3.8) is 0 Å². The zero-order valence-electron chi connectivity index (χ0n) is 14.1. The molecule has 6 nitrogen and oxygen atoms in total. The summed E-state index contributed by atoms with van der Waals surface area (Å²) in [5.74, 6) is 0.0914. The predicted octanol–water partition coefficient (Wildman–Crippen LogP) is 2.78. The van der Waals surface area contributed by atoms with Crippen LogP contribution >= 0.6 is 0 Å². The Labute approximate surface area is 145 Å². The summed E-state index contributed by atoms with van der Waals surface area (Å²) in [4.78, 5) is 10.8. The lowest BCUT2D eigenvalue weighted by atomic mass is 10.0. The average molecular weight is 341 g/mol. The van der Waals surface area contributed by atoms with Gasteiger partial charge in [0.05, 0.1) is 17.8 Å². The largest absolute Gasteiger partial charge is 0.381 e. The average Bonchev–Trinajstić information content (AvgIpc) is 3.18. The zero-order valence-corrected chi connectivity index (χ0v) is 14.1. The minimum Gasteiger partial charge on any atom is -0.381 e. The highest BCUT2D eigenvalue weighted by Gasteiger charge is 2.22. The molecule has 130 valence electrons. The summed E-state index contributed by atoms with van der Waals surface area (Å²) in [7, 11) is 0. The van der Waals surface area contributed by atoms with Crippen molar-refractivity contribution >= 4 is 11.9 Å². The number of aryl methyl sites for hydroxylation is 1. The molecule has 2 aromatic rings. The van der Waals surface area contributed by atoms with Gasteiger partial charge in [0.1, 0.15) is 12.1 Å². The first-order valence-corrected chi connectivity index (χ1v) is 8.46. The Morgan fingerprint density at radius 2 is 2.08 bits per heavy atom. The van der Waals surface area contributed by atoms with Gasteiger partial charge in [-0.15, -0.1) is 0 Å². The summed E-state index contributed by atoms with van der Waals surface area (Å²) >= 11 is 0. The van der Waals surface area contributed by atoms with Crippen LogP contribution in [-0.2, 0) is 4.74 Å². The van der Waals surface area contributed by atoms with Crippen molar-refractivity contribution in [3.8, 4) is 11.4 Å². The van der Waals surface area contributed by atoms with Gasteiger partial charge in [0.15, 0.2) is 5.82 Å². The van der Waals surface area contributed by atoms with Gasteiger partial charge >= 0.3 is 0 Å². The molecule has 0 aliphatic carbocycles. The molecule has 0 spiro atoms. The van der Waals surface area contributed by atoms with Crippen molar-refractivity contribution in [1.29, 1.82) is 0 Å². The highest BCUT2D eigenvalue weighted by atomic mass is 19.1. The number of aromatic amines is 1. The Hall–Kier alpha value is -2.54. The van der Waals surface area contributed by atoms with E-state index in [-0.39, 0.29) is 5.82 Å². The van der Waals surface area contributed by atoms with E-state index in [9.17, 15) is 4.39 Å². The molecule has 1 saturated heterocycles. The van der Waals surface area contributed by atoms with Gasteiger partial charge in [-0.1, -0.05) is 0 Å². The van der Waals surface area contributed by atoms with E-state index in [0.717, 1.165) is 49.4 Å². The number of halogens is 1. The maximum absolute atomic E-state index is 14.6. The van der Waals surface area contributed by atoms with Gasteiger partial charge in [-0.3, -0.25) is 10.1 Å². The fourth-order valence-electron chi connectivity index (χ4n) is 3.36. The smallest absolute Gasteiger partial charge is 0.158 e. The lowest BCUT2D eigenvalue weighted by Gasteiger charge is -2.34. The monoisotopic (exact) mass is 341 g/mol. The van der Waals surface area contributed by atoms with Crippen molar-refractivity contribution < 1.29 is 9.13 Å². The molecule has 2 aliphatic rings. The van der Waals surface area contributed by atoms with E-state index in [0.29, 0.717) is 17.4 Å². The number of aromatic nitrogens is 3. The van der Waals surface area contributed by atoms with Crippen LogP contribution in [0.15, 0.2) is 29.7 Å². The van der Waals surface area contributed by atoms with E-state index < -0.39 is 0 Å². The molecule has 0 atom stereocenters. The van der Waals surface area contributed by atoms with Crippen LogP contribution in [0, 0.1) is 12.7 Å². The molecule has 4 rings (SSSR count). The molecule has 1 N–H and O–H groups in total. The Bertz CT molecular complexity index is 809. The normalized spacial score (nSPS) is 18.5. The second-order valence-electron chi connectivity index (χ2n) is 6.35. The van der Waals surface area contributed by atoms with E-state index in [2.05, 4.69) is 25.1 Å². The third kappa shape index (κ3) is 3.19. The Morgan fingerprint density at radius 3 is 2.84 bits per heavy atom. The molecular weight excluding hydrogens is 321 g/mol. The maximum atomic E-state index is 14.6. The minimum absolute atomic E-state index is 0.336. The molecular formula is C18H20FN5O. The highest BCUT2D eigenvalue weighted by molar-refractivity contribution is 5.79. The second kappa shape index (κ2) is 6.76. The quantitative estimate of drug-likeness (QED) is 0.932. The van der Waals surface area contributed by atoms with E-state index in [1.807, 2.05) is 19.3 Å². The molecule has 1 fully saturated rings. The van der Waals surface area contributed by atoms with Crippen LogP contribution in [0.2, 0.25) is 0 Å². The summed E-state index contributed by atoms with van der Waals surface area (Å²) in [5, 5.41) is 6.49. The number of aliphatic imine (C=N–C) groups is 1. The first kappa shape index (κ1) is 16.0. The van der Waals surface area contributed by atoms with Crippen LogP contribution in [0.3, 0.4) is 0 Å². The molecule has 7 heteroatoms. The Morgan fingerprint density at radius 1 is 1.24 bits per heavy atom. The van der Waals surface area contributed by atoms with Crippen LogP contribution in [0.5, 0.6) is 0 Å². The maximum Gasteiger partial charge on any atom is 0.158 e. The summed E-state index contributed by atoms with van der Waals surface area (Å²) in [5.41, 5.74) is 2.96. The van der Waals surface area contributed by atoms with Crippen LogP contribution in [0.1, 0.15) is 24.0 Å². The highest BCUT2D eigenvalue weighted by Crippen LogP contribution is 2.29. The fraction of sp³-hybridized carbons (Fsp3) is 0.389. The third-order valence-electron chi connectivity index (χ3n) is 4.73. The van der Waals surface area contributed by atoms with Gasteiger partial charge in [0.25, 0.3) is 0 Å². The minimum atomic E-state index is -0.336. The molecule has 3 heterocycles. The Kier molecular flexibility index (Phi) is 4.31. The van der Waals surface area contributed by atoms with Gasteiger partial charge in [-0.2, -0.15) is 5.10 Å².